The molecule has 1 aromatic heterocycles. The third kappa shape index (κ3) is 5.54. The first-order chi connectivity index (χ1) is 13.3. The lowest BCUT2D eigenvalue weighted by Gasteiger charge is -2.29. The fourth-order valence-corrected chi connectivity index (χ4v) is 4.03. The van der Waals surface area contributed by atoms with Crippen LogP contribution >= 0.6 is 0 Å². The molecule has 0 radical (unpaired) electrons. The highest BCUT2D eigenvalue weighted by molar-refractivity contribution is 5.84. The minimum Gasteiger partial charge on any atom is -0.444 e. The smallest absolute Gasteiger partial charge is 0.408 e. The first-order valence-corrected chi connectivity index (χ1v) is 10.1. The van der Waals surface area contributed by atoms with Gasteiger partial charge in [-0.3, -0.25) is 9.78 Å². The highest BCUT2D eigenvalue weighted by Crippen LogP contribution is 2.39. The summed E-state index contributed by atoms with van der Waals surface area (Å²) in [4.78, 5) is 28.4. The Morgan fingerprint density at radius 2 is 1.82 bits per heavy atom. The molecule has 0 saturated heterocycles. The van der Waals surface area contributed by atoms with Gasteiger partial charge in [0.2, 0.25) is 0 Å². The number of pyridine rings is 1. The largest absolute Gasteiger partial charge is 0.444 e. The zero-order valence-electron chi connectivity index (χ0n) is 17.0. The third-order valence-corrected chi connectivity index (χ3v) is 5.31. The minimum atomic E-state index is -0.553. The number of hydrogen-bond acceptors (Lipinski definition) is 4. The summed E-state index contributed by atoms with van der Waals surface area (Å²) < 4.78 is 5.17. The molecule has 0 atom stereocenters. The lowest BCUT2D eigenvalue weighted by atomic mass is 9.76. The number of ether oxygens (including phenoxy) is 1. The number of alkyl carbamates (subject to hydrolysis) is 1. The summed E-state index contributed by atoms with van der Waals surface area (Å²) in [5.41, 5.74) is 1.87. The number of para-hydroxylation sites is 1. The van der Waals surface area contributed by atoms with E-state index in [2.05, 4.69) is 34.6 Å². The maximum atomic E-state index is 12.2. The summed E-state index contributed by atoms with van der Waals surface area (Å²) in [5.74, 6) is 1.00. The van der Waals surface area contributed by atoms with E-state index in [1.165, 1.54) is 10.9 Å². The molecule has 150 valence electrons. The SMILES string of the molecule is CC(C)(C)OC(=O)NCC(=O)CC1CCC(c2ccnc3ccccc23)CC1. The maximum absolute atomic E-state index is 12.2. The molecule has 2 aromatic rings. The van der Waals surface area contributed by atoms with Crippen LogP contribution in [0.2, 0.25) is 0 Å². The van der Waals surface area contributed by atoms with Gasteiger partial charge in [-0.2, -0.15) is 0 Å². The van der Waals surface area contributed by atoms with E-state index in [1.807, 2.05) is 12.3 Å². The molecule has 5 heteroatoms. The zero-order valence-corrected chi connectivity index (χ0v) is 17.0. The molecule has 1 aromatic carbocycles. The average molecular weight is 383 g/mol. The fraction of sp³-hybridized carbons (Fsp3) is 0.522. The topological polar surface area (TPSA) is 68.3 Å². The van der Waals surface area contributed by atoms with Gasteiger partial charge in [-0.15, -0.1) is 0 Å². The van der Waals surface area contributed by atoms with Crippen LogP contribution in [0.3, 0.4) is 0 Å². The van der Waals surface area contributed by atoms with Crippen LogP contribution in [-0.4, -0.2) is 29.0 Å². The number of rotatable bonds is 5. The molecule has 1 aliphatic rings. The van der Waals surface area contributed by atoms with Crippen molar-refractivity contribution in [3.8, 4) is 0 Å². The number of nitrogens with one attached hydrogen (secondary N) is 1. The van der Waals surface area contributed by atoms with Crippen molar-refractivity contribution in [2.45, 2.75) is 64.4 Å². The van der Waals surface area contributed by atoms with Gasteiger partial charge in [0.25, 0.3) is 0 Å². The van der Waals surface area contributed by atoms with E-state index < -0.39 is 11.7 Å². The number of ketones is 1. The normalized spacial score (nSPS) is 20.0. The van der Waals surface area contributed by atoms with Crippen LogP contribution in [0.1, 0.15) is 64.4 Å². The molecule has 0 spiro atoms. The highest BCUT2D eigenvalue weighted by Gasteiger charge is 2.25. The van der Waals surface area contributed by atoms with Gasteiger partial charge in [0.1, 0.15) is 5.60 Å². The van der Waals surface area contributed by atoms with Crippen LogP contribution in [0.4, 0.5) is 4.79 Å². The molecule has 1 saturated carbocycles. The number of benzene rings is 1. The Morgan fingerprint density at radius 1 is 1.11 bits per heavy atom. The second kappa shape index (κ2) is 8.72. The molecule has 5 nitrogen and oxygen atoms in total. The van der Waals surface area contributed by atoms with Gasteiger partial charge in [0.05, 0.1) is 12.1 Å². The number of amides is 1. The molecule has 0 unspecified atom stereocenters. The van der Waals surface area contributed by atoms with Crippen LogP contribution in [-0.2, 0) is 9.53 Å². The minimum absolute atomic E-state index is 0.0455. The van der Waals surface area contributed by atoms with Gasteiger partial charge >= 0.3 is 6.09 Å². The molecule has 3 rings (SSSR count). The monoisotopic (exact) mass is 382 g/mol. The third-order valence-electron chi connectivity index (χ3n) is 5.31. The number of carbonyl (C=O) groups excluding carboxylic acids is 2. The Labute approximate surface area is 166 Å². The molecule has 1 fully saturated rings. The Bertz CT molecular complexity index is 828. The molecule has 1 heterocycles. The summed E-state index contributed by atoms with van der Waals surface area (Å²) in [6.45, 7) is 5.46. The van der Waals surface area contributed by atoms with Gasteiger partial charge in [-0.1, -0.05) is 18.2 Å². The summed E-state index contributed by atoms with van der Waals surface area (Å²) in [7, 11) is 0. The van der Waals surface area contributed by atoms with Crippen molar-refractivity contribution >= 4 is 22.8 Å². The number of Topliss-reactive ketones (excluding diaryl/α,β-unsaturated/α-hetero) is 1. The lowest BCUT2D eigenvalue weighted by Crippen LogP contribution is -2.36. The summed E-state index contributed by atoms with van der Waals surface area (Å²) >= 11 is 0. The maximum Gasteiger partial charge on any atom is 0.408 e. The van der Waals surface area contributed by atoms with Crippen molar-refractivity contribution in [2.24, 2.45) is 5.92 Å². The van der Waals surface area contributed by atoms with Gasteiger partial charge in [0.15, 0.2) is 5.78 Å². The van der Waals surface area contributed by atoms with E-state index in [1.54, 1.807) is 20.8 Å². The van der Waals surface area contributed by atoms with Gasteiger partial charge in [-0.05, 0) is 76.0 Å². The highest BCUT2D eigenvalue weighted by atomic mass is 16.6. The number of fused-ring (bicyclic) bond motifs is 1. The Hall–Kier alpha value is -2.43. The number of nitrogens with zero attached hydrogens (tertiary/aromatic N) is 1. The van der Waals surface area contributed by atoms with E-state index in [9.17, 15) is 9.59 Å². The molecule has 0 aliphatic heterocycles. The number of hydrogen-bond donors (Lipinski definition) is 1. The number of carbonyl (C=O) groups is 2. The van der Waals surface area contributed by atoms with E-state index in [0.29, 0.717) is 18.3 Å². The Balaban J connectivity index is 1.48. The quantitative estimate of drug-likeness (QED) is 0.791. The summed E-state index contributed by atoms with van der Waals surface area (Å²) in [6, 6.07) is 10.4. The first-order valence-electron chi connectivity index (χ1n) is 10.1. The lowest BCUT2D eigenvalue weighted by molar-refractivity contribution is -0.119. The van der Waals surface area contributed by atoms with Crippen molar-refractivity contribution < 1.29 is 14.3 Å². The standard InChI is InChI=1S/C23H30N2O3/c1-23(2,3)28-22(27)25-15-18(26)14-16-8-10-17(11-9-16)19-12-13-24-21-7-5-4-6-20(19)21/h4-7,12-13,16-17H,8-11,14-15H2,1-3H3,(H,25,27). The van der Waals surface area contributed by atoms with Crippen molar-refractivity contribution in [3.05, 3.63) is 42.1 Å². The molecule has 1 aliphatic carbocycles. The molecule has 0 bridgehead atoms. The van der Waals surface area contributed by atoms with E-state index in [-0.39, 0.29) is 12.3 Å². The van der Waals surface area contributed by atoms with Crippen molar-refractivity contribution in [3.63, 3.8) is 0 Å². The predicted molar refractivity (Wildman–Crippen MR) is 110 cm³/mol. The second-order valence-corrected chi connectivity index (χ2v) is 8.73. The van der Waals surface area contributed by atoms with Crippen LogP contribution in [0, 0.1) is 5.92 Å². The zero-order chi connectivity index (χ0) is 20.1. The molecule has 28 heavy (non-hydrogen) atoms. The first kappa shape index (κ1) is 20.3. The average Bonchev–Trinajstić information content (AvgIpc) is 2.65. The Morgan fingerprint density at radius 3 is 2.54 bits per heavy atom. The van der Waals surface area contributed by atoms with Gasteiger partial charge < -0.3 is 10.1 Å². The van der Waals surface area contributed by atoms with Crippen LogP contribution in [0.15, 0.2) is 36.5 Å². The fourth-order valence-electron chi connectivity index (χ4n) is 4.03. The molecule has 1 N–H and O–H groups in total. The molecular weight excluding hydrogens is 352 g/mol. The second-order valence-electron chi connectivity index (χ2n) is 8.73. The van der Waals surface area contributed by atoms with E-state index >= 15 is 0 Å². The van der Waals surface area contributed by atoms with E-state index in [0.717, 1.165) is 31.2 Å². The van der Waals surface area contributed by atoms with Gasteiger partial charge in [-0.25, -0.2) is 4.79 Å². The van der Waals surface area contributed by atoms with Gasteiger partial charge in [0, 0.05) is 18.0 Å². The van der Waals surface area contributed by atoms with Crippen molar-refractivity contribution in [1.29, 1.82) is 0 Å². The van der Waals surface area contributed by atoms with Crippen LogP contribution in [0.5, 0.6) is 0 Å². The summed E-state index contributed by atoms with van der Waals surface area (Å²) in [6.07, 6.45) is 6.15. The summed E-state index contributed by atoms with van der Waals surface area (Å²) in [5, 5.41) is 3.81. The van der Waals surface area contributed by atoms with E-state index in [4.69, 9.17) is 4.74 Å². The van der Waals surface area contributed by atoms with Crippen molar-refractivity contribution in [1.82, 2.24) is 10.3 Å². The predicted octanol–water partition coefficient (Wildman–Crippen LogP) is 4.99. The Kier molecular flexibility index (Phi) is 6.32. The molecule has 1 amide bonds. The van der Waals surface area contributed by atoms with Crippen LogP contribution in [0.25, 0.3) is 10.9 Å². The van der Waals surface area contributed by atoms with Crippen LogP contribution < -0.4 is 5.32 Å². The number of aromatic nitrogens is 1. The molecular formula is C23H30N2O3. The van der Waals surface area contributed by atoms with Crippen molar-refractivity contribution in [2.75, 3.05) is 6.54 Å².